The van der Waals surface area contributed by atoms with Gasteiger partial charge in [0.05, 0.1) is 6.54 Å². The van der Waals surface area contributed by atoms with E-state index in [0.29, 0.717) is 23.8 Å². The van der Waals surface area contributed by atoms with E-state index in [0.717, 1.165) is 6.54 Å². The molecule has 7 nitrogen and oxygen atoms in total. The fourth-order valence-corrected chi connectivity index (χ4v) is 1.53. The van der Waals surface area contributed by atoms with E-state index < -0.39 is 0 Å². The zero-order valence-corrected chi connectivity index (χ0v) is 10.00. The van der Waals surface area contributed by atoms with Crippen LogP contribution in [-0.4, -0.2) is 25.7 Å². The monoisotopic (exact) mass is 246 g/mol. The van der Waals surface area contributed by atoms with E-state index in [1.54, 1.807) is 12.4 Å². The first-order valence-electron chi connectivity index (χ1n) is 5.57. The Labute approximate surface area is 104 Å². The molecule has 3 N–H and O–H groups in total. The van der Waals surface area contributed by atoms with Crippen LogP contribution in [0.3, 0.4) is 0 Å². The number of hydrogen-bond acceptors (Lipinski definition) is 5. The Morgan fingerprint density at radius 2 is 2.39 bits per heavy atom. The minimum Gasteiger partial charge on any atom is -0.384 e. The molecular formula is C11H14N6O. The first kappa shape index (κ1) is 12.0. The third kappa shape index (κ3) is 2.62. The van der Waals surface area contributed by atoms with Gasteiger partial charge in [0.1, 0.15) is 12.1 Å². The van der Waals surface area contributed by atoms with E-state index in [-0.39, 0.29) is 5.91 Å². The first-order valence-corrected chi connectivity index (χ1v) is 5.57. The van der Waals surface area contributed by atoms with E-state index >= 15 is 0 Å². The number of nitrogens with one attached hydrogen (secondary N) is 1. The molecule has 0 unspecified atom stereocenters. The molecule has 0 aliphatic heterocycles. The number of carbonyl (C=O) groups excluding carboxylic acids is 1. The zero-order valence-electron chi connectivity index (χ0n) is 10.00. The second kappa shape index (κ2) is 5.26. The number of rotatable bonds is 4. The Kier molecular flexibility index (Phi) is 3.52. The highest BCUT2D eigenvalue weighted by Crippen LogP contribution is 2.03. The summed E-state index contributed by atoms with van der Waals surface area (Å²) in [4.78, 5) is 15.7. The van der Waals surface area contributed by atoms with Crippen LogP contribution in [0, 0.1) is 0 Å². The Bertz CT molecular complexity index is 550. The number of pyridine rings is 1. The normalized spacial score (nSPS) is 10.3. The third-order valence-corrected chi connectivity index (χ3v) is 2.49. The van der Waals surface area contributed by atoms with E-state index in [1.807, 2.05) is 11.5 Å². The molecule has 7 heteroatoms. The quantitative estimate of drug-likeness (QED) is 0.803. The van der Waals surface area contributed by atoms with Gasteiger partial charge in [-0.2, -0.15) is 0 Å². The molecule has 0 aliphatic rings. The molecule has 0 fully saturated rings. The molecule has 2 aromatic rings. The summed E-state index contributed by atoms with van der Waals surface area (Å²) in [7, 11) is 0. The summed E-state index contributed by atoms with van der Waals surface area (Å²) in [6, 6.07) is 3.14. The van der Waals surface area contributed by atoms with Crippen LogP contribution in [-0.2, 0) is 13.1 Å². The number of anilines is 1. The highest BCUT2D eigenvalue weighted by molar-refractivity contribution is 5.94. The SMILES string of the molecule is CCn1cnnc1CNC(=O)c1ccnc(N)c1. The van der Waals surface area contributed by atoms with Crippen LogP contribution in [0.1, 0.15) is 23.1 Å². The van der Waals surface area contributed by atoms with Crippen LogP contribution in [0.4, 0.5) is 5.82 Å². The number of nitrogens with two attached hydrogens (primary N) is 1. The minimum absolute atomic E-state index is 0.213. The van der Waals surface area contributed by atoms with Crippen molar-refractivity contribution in [2.75, 3.05) is 5.73 Å². The summed E-state index contributed by atoms with van der Waals surface area (Å²) >= 11 is 0. The Morgan fingerprint density at radius 1 is 1.56 bits per heavy atom. The van der Waals surface area contributed by atoms with Gasteiger partial charge >= 0.3 is 0 Å². The predicted octanol–water partition coefficient (Wildman–Crippen LogP) is 0.205. The molecule has 0 saturated heterocycles. The van der Waals surface area contributed by atoms with Crippen molar-refractivity contribution in [3.8, 4) is 0 Å². The van der Waals surface area contributed by atoms with Crippen LogP contribution in [0.5, 0.6) is 0 Å². The van der Waals surface area contributed by atoms with E-state index in [4.69, 9.17) is 5.73 Å². The number of nitrogens with zero attached hydrogens (tertiary/aromatic N) is 4. The van der Waals surface area contributed by atoms with Gasteiger partial charge in [-0.1, -0.05) is 0 Å². The molecular weight excluding hydrogens is 232 g/mol. The van der Waals surface area contributed by atoms with Crippen molar-refractivity contribution in [2.45, 2.75) is 20.0 Å². The average molecular weight is 246 g/mol. The van der Waals surface area contributed by atoms with Gasteiger partial charge in [0.25, 0.3) is 5.91 Å². The highest BCUT2D eigenvalue weighted by atomic mass is 16.1. The molecule has 0 radical (unpaired) electrons. The maximum Gasteiger partial charge on any atom is 0.251 e. The maximum atomic E-state index is 11.8. The van der Waals surface area contributed by atoms with Crippen molar-refractivity contribution in [1.82, 2.24) is 25.1 Å². The number of carbonyl (C=O) groups is 1. The number of aryl methyl sites for hydroxylation is 1. The summed E-state index contributed by atoms with van der Waals surface area (Å²) in [5, 5.41) is 10.5. The van der Waals surface area contributed by atoms with E-state index in [2.05, 4.69) is 20.5 Å². The van der Waals surface area contributed by atoms with Crippen LogP contribution in [0.25, 0.3) is 0 Å². The topological polar surface area (TPSA) is 98.7 Å². The lowest BCUT2D eigenvalue weighted by molar-refractivity contribution is 0.0949. The fraction of sp³-hybridized carbons (Fsp3) is 0.273. The summed E-state index contributed by atoms with van der Waals surface area (Å²) in [6.07, 6.45) is 3.13. The minimum atomic E-state index is -0.213. The number of nitrogen functional groups attached to an aromatic ring is 1. The smallest absolute Gasteiger partial charge is 0.251 e. The van der Waals surface area contributed by atoms with Gasteiger partial charge < -0.3 is 15.6 Å². The summed E-state index contributed by atoms with van der Waals surface area (Å²) in [5.41, 5.74) is 5.99. The highest BCUT2D eigenvalue weighted by Gasteiger charge is 2.08. The maximum absolute atomic E-state index is 11.8. The van der Waals surface area contributed by atoms with Crippen LogP contribution in [0.15, 0.2) is 24.7 Å². The van der Waals surface area contributed by atoms with Gasteiger partial charge in [0.2, 0.25) is 0 Å². The second-order valence-corrected chi connectivity index (χ2v) is 3.69. The molecule has 0 bridgehead atoms. The molecule has 94 valence electrons. The lowest BCUT2D eigenvalue weighted by Gasteiger charge is -2.06. The van der Waals surface area contributed by atoms with Gasteiger partial charge in [-0.25, -0.2) is 4.98 Å². The van der Waals surface area contributed by atoms with Crippen molar-refractivity contribution < 1.29 is 4.79 Å². The standard InChI is InChI=1S/C11H14N6O/c1-2-17-7-15-16-10(17)6-14-11(18)8-3-4-13-9(12)5-8/h3-5,7H,2,6H2,1H3,(H2,12,13)(H,14,18). The van der Waals surface area contributed by atoms with Crippen molar-refractivity contribution in [3.05, 3.63) is 36.0 Å². The van der Waals surface area contributed by atoms with E-state index in [9.17, 15) is 4.79 Å². The van der Waals surface area contributed by atoms with Crippen molar-refractivity contribution in [1.29, 1.82) is 0 Å². The van der Waals surface area contributed by atoms with Gasteiger partial charge in [-0.15, -0.1) is 10.2 Å². The number of amides is 1. The van der Waals surface area contributed by atoms with Gasteiger partial charge in [-0.3, -0.25) is 4.79 Å². The molecule has 2 aromatic heterocycles. The largest absolute Gasteiger partial charge is 0.384 e. The Hall–Kier alpha value is -2.44. The third-order valence-electron chi connectivity index (χ3n) is 2.49. The van der Waals surface area contributed by atoms with Gasteiger partial charge in [0.15, 0.2) is 5.82 Å². The van der Waals surface area contributed by atoms with E-state index in [1.165, 1.54) is 12.3 Å². The number of hydrogen-bond donors (Lipinski definition) is 2. The molecule has 0 aliphatic carbocycles. The molecule has 18 heavy (non-hydrogen) atoms. The lowest BCUT2D eigenvalue weighted by Crippen LogP contribution is -2.24. The first-order chi connectivity index (χ1) is 8.70. The molecule has 0 saturated carbocycles. The second-order valence-electron chi connectivity index (χ2n) is 3.69. The Balaban J connectivity index is 2.00. The molecule has 0 aromatic carbocycles. The van der Waals surface area contributed by atoms with Gasteiger partial charge in [0, 0.05) is 18.3 Å². The number of aromatic nitrogens is 4. The lowest BCUT2D eigenvalue weighted by atomic mass is 10.2. The van der Waals surface area contributed by atoms with Crippen molar-refractivity contribution in [2.24, 2.45) is 0 Å². The Morgan fingerprint density at radius 3 is 3.11 bits per heavy atom. The molecule has 2 heterocycles. The summed E-state index contributed by atoms with van der Waals surface area (Å²) in [5.74, 6) is 0.821. The molecule has 0 atom stereocenters. The predicted molar refractivity (Wildman–Crippen MR) is 65.5 cm³/mol. The van der Waals surface area contributed by atoms with Gasteiger partial charge in [-0.05, 0) is 19.1 Å². The van der Waals surface area contributed by atoms with Crippen LogP contribution < -0.4 is 11.1 Å². The fourth-order valence-electron chi connectivity index (χ4n) is 1.53. The molecule has 1 amide bonds. The average Bonchev–Trinajstić information content (AvgIpc) is 2.83. The summed E-state index contributed by atoms with van der Waals surface area (Å²) < 4.78 is 1.86. The molecule has 2 rings (SSSR count). The molecule has 0 spiro atoms. The van der Waals surface area contributed by atoms with Crippen molar-refractivity contribution >= 4 is 11.7 Å². The summed E-state index contributed by atoms with van der Waals surface area (Å²) in [6.45, 7) is 3.08. The zero-order chi connectivity index (χ0) is 13.0. The van der Waals surface area contributed by atoms with Crippen molar-refractivity contribution in [3.63, 3.8) is 0 Å². The van der Waals surface area contributed by atoms with Crippen LogP contribution in [0.2, 0.25) is 0 Å². The van der Waals surface area contributed by atoms with Crippen LogP contribution >= 0.6 is 0 Å².